The van der Waals surface area contributed by atoms with Crippen molar-refractivity contribution in [2.75, 3.05) is 5.75 Å². The molecule has 0 atom stereocenters. The van der Waals surface area contributed by atoms with E-state index in [-0.39, 0.29) is 5.12 Å². The van der Waals surface area contributed by atoms with E-state index >= 15 is 0 Å². The van der Waals surface area contributed by atoms with Crippen LogP contribution in [0, 0.1) is 13.8 Å². The van der Waals surface area contributed by atoms with Crippen molar-refractivity contribution in [3.05, 3.63) is 41.0 Å². The van der Waals surface area contributed by atoms with Gasteiger partial charge < -0.3 is 0 Å². The number of rotatable bonds is 3. The van der Waals surface area contributed by atoms with Gasteiger partial charge in [-0.05, 0) is 25.0 Å². The molecule has 0 aliphatic heterocycles. The summed E-state index contributed by atoms with van der Waals surface area (Å²) < 4.78 is 0. The highest BCUT2D eigenvalue weighted by Gasteiger charge is 1.94. The lowest BCUT2D eigenvalue weighted by Crippen LogP contribution is -1.84. The van der Waals surface area contributed by atoms with Crippen molar-refractivity contribution in [1.82, 2.24) is 0 Å². The second-order valence-corrected chi connectivity index (χ2v) is 4.76. The number of carbonyl (C=O) groups excluding carboxylic acids is 1. The summed E-state index contributed by atoms with van der Waals surface area (Å²) in [6.07, 6.45) is 4.11. The van der Waals surface area contributed by atoms with Crippen LogP contribution in [0.1, 0.15) is 23.6 Å². The molecule has 0 aromatic heterocycles. The highest BCUT2D eigenvalue weighted by molar-refractivity contribution is 8.13. The Labute approximate surface area is 95.6 Å². The van der Waals surface area contributed by atoms with Crippen LogP contribution in [0.4, 0.5) is 0 Å². The van der Waals surface area contributed by atoms with E-state index in [1.165, 1.54) is 28.5 Å². The van der Waals surface area contributed by atoms with Gasteiger partial charge in [0.25, 0.3) is 0 Å². The summed E-state index contributed by atoms with van der Waals surface area (Å²) in [5.74, 6) is 0.753. The Bertz CT molecular complexity index is 380. The van der Waals surface area contributed by atoms with Gasteiger partial charge in [0.05, 0.1) is 0 Å². The van der Waals surface area contributed by atoms with Crippen LogP contribution in [0.3, 0.4) is 0 Å². The molecule has 0 aliphatic rings. The van der Waals surface area contributed by atoms with Gasteiger partial charge in [-0.3, -0.25) is 4.79 Å². The van der Waals surface area contributed by atoms with Gasteiger partial charge in [-0.2, -0.15) is 0 Å². The fourth-order valence-electron chi connectivity index (χ4n) is 1.35. The minimum Gasteiger partial charge on any atom is -0.288 e. The van der Waals surface area contributed by atoms with E-state index in [0.29, 0.717) is 0 Å². The summed E-state index contributed by atoms with van der Waals surface area (Å²) >= 11 is 1.33. The predicted molar refractivity (Wildman–Crippen MR) is 68.1 cm³/mol. The van der Waals surface area contributed by atoms with Gasteiger partial charge in [0.15, 0.2) is 5.12 Å². The molecule has 0 saturated carbocycles. The van der Waals surface area contributed by atoms with Crippen molar-refractivity contribution in [1.29, 1.82) is 0 Å². The number of carbonyl (C=O) groups is 1. The van der Waals surface area contributed by atoms with E-state index in [0.717, 1.165) is 5.75 Å². The van der Waals surface area contributed by atoms with Crippen LogP contribution >= 0.6 is 11.8 Å². The lowest BCUT2D eigenvalue weighted by molar-refractivity contribution is -0.109. The molecule has 0 spiro atoms. The zero-order valence-corrected chi connectivity index (χ0v) is 10.2. The summed E-state index contributed by atoms with van der Waals surface area (Å²) in [6.45, 7) is 5.78. The van der Waals surface area contributed by atoms with E-state index in [4.69, 9.17) is 0 Å². The summed E-state index contributed by atoms with van der Waals surface area (Å²) in [5, 5.41) is 0.167. The summed E-state index contributed by atoms with van der Waals surface area (Å²) in [5.41, 5.74) is 3.78. The standard InChI is InChI=1S/C13H16OS/c1-10-6-7-13(11(2)9-10)5-4-8-15-12(3)14/h4-7,9H,8H2,1-3H3. The molecule has 0 saturated heterocycles. The van der Waals surface area contributed by atoms with Gasteiger partial charge in [0.2, 0.25) is 0 Å². The van der Waals surface area contributed by atoms with Crippen LogP contribution in [-0.2, 0) is 4.79 Å². The molecule has 1 aromatic rings. The maximum atomic E-state index is 10.7. The van der Waals surface area contributed by atoms with Crippen LogP contribution in [0.25, 0.3) is 6.08 Å². The Morgan fingerprint density at radius 2 is 2.13 bits per heavy atom. The van der Waals surface area contributed by atoms with Gasteiger partial charge in [-0.25, -0.2) is 0 Å². The molecule has 1 nitrogen and oxygen atoms in total. The minimum atomic E-state index is 0.167. The predicted octanol–water partition coefficient (Wildman–Crippen LogP) is 3.60. The number of hydrogen-bond donors (Lipinski definition) is 0. The second-order valence-electron chi connectivity index (χ2n) is 3.56. The largest absolute Gasteiger partial charge is 0.288 e. The monoisotopic (exact) mass is 220 g/mol. The average Bonchev–Trinajstić information content (AvgIpc) is 2.14. The zero-order chi connectivity index (χ0) is 11.3. The first-order valence-corrected chi connectivity index (χ1v) is 5.95. The van der Waals surface area contributed by atoms with Crippen LogP contribution in [0.2, 0.25) is 0 Å². The van der Waals surface area contributed by atoms with Crippen LogP contribution < -0.4 is 0 Å². The summed E-state index contributed by atoms with van der Waals surface area (Å²) in [4.78, 5) is 10.7. The molecule has 0 amide bonds. The molecule has 15 heavy (non-hydrogen) atoms. The molecule has 0 aliphatic carbocycles. The normalized spacial score (nSPS) is 10.9. The van der Waals surface area contributed by atoms with E-state index in [9.17, 15) is 4.79 Å². The molecule has 1 rings (SSSR count). The lowest BCUT2D eigenvalue weighted by atomic mass is 10.1. The van der Waals surface area contributed by atoms with E-state index in [1.807, 2.05) is 6.08 Å². The van der Waals surface area contributed by atoms with Gasteiger partial charge in [0.1, 0.15) is 0 Å². The minimum absolute atomic E-state index is 0.167. The van der Waals surface area contributed by atoms with Gasteiger partial charge in [-0.15, -0.1) is 0 Å². The van der Waals surface area contributed by atoms with Crippen LogP contribution in [-0.4, -0.2) is 10.9 Å². The Morgan fingerprint density at radius 1 is 1.40 bits per heavy atom. The molecule has 2 heteroatoms. The van der Waals surface area contributed by atoms with Gasteiger partial charge >= 0.3 is 0 Å². The fourth-order valence-corrected chi connectivity index (χ4v) is 1.78. The topological polar surface area (TPSA) is 17.1 Å². The van der Waals surface area contributed by atoms with Crippen molar-refractivity contribution >= 4 is 23.0 Å². The first-order chi connectivity index (χ1) is 7.09. The van der Waals surface area contributed by atoms with Crippen molar-refractivity contribution in [3.63, 3.8) is 0 Å². The Morgan fingerprint density at radius 3 is 2.73 bits per heavy atom. The molecule has 80 valence electrons. The maximum Gasteiger partial charge on any atom is 0.186 e. The zero-order valence-electron chi connectivity index (χ0n) is 9.41. The smallest absolute Gasteiger partial charge is 0.186 e. The van der Waals surface area contributed by atoms with E-state index in [2.05, 4.69) is 38.1 Å². The van der Waals surface area contributed by atoms with Crippen molar-refractivity contribution < 1.29 is 4.79 Å². The molecular weight excluding hydrogens is 204 g/mol. The average molecular weight is 220 g/mol. The molecule has 0 bridgehead atoms. The fraction of sp³-hybridized carbons (Fsp3) is 0.308. The van der Waals surface area contributed by atoms with Gasteiger partial charge in [-0.1, -0.05) is 47.7 Å². The van der Waals surface area contributed by atoms with Crippen molar-refractivity contribution in [3.8, 4) is 0 Å². The summed E-state index contributed by atoms with van der Waals surface area (Å²) in [7, 11) is 0. The molecule has 0 N–H and O–H groups in total. The number of hydrogen-bond acceptors (Lipinski definition) is 2. The second kappa shape index (κ2) is 5.76. The van der Waals surface area contributed by atoms with Crippen molar-refractivity contribution in [2.45, 2.75) is 20.8 Å². The molecule has 0 radical (unpaired) electrons. The van der Waals surface area contributed by atoms with Gasteiger partial charge in [0, 0.05) is 12.7 Å². The van der Waals surface area contributed by atoms with Crippen LogP contribution in [0.15, 0.2) is 24.3 Å². The number of thioether (sulfide) groups is 1. The third kappa shape index (κ3) is 4.34. The number of benzene rings is 1. The first-order valence-electron chi connectivity index (χ1n) is 4.97. The SMILES string of the molecule is CC(=O)SCC=Cc1ccc(C)cc1C. The Kier molecular flexibility index (Phi) is 4.63. The highest BCUT2D eigenvalue weighted by atomic mass is 32.2. The van der Waals surface area contributed by atoms with Crippen molar-refractivity contribution in [2.24, 2.45) is 0 Å². The van der Waals surface area contributed by atoms with E-state index < -0.39 is 0 Å². The molecule has 0 fully saturated rings. The Balaban J connectivity index is 2.60. The third-order valence-electron chi connectivity index (χ3n) is 2.11. The molecule has 1 aromatic carbocycles. The third-order valence-corrected chi connectivity index (χ3v) is 2.87. The first kappa shape index (κ1) is 12.1. The summed E-state index contributed by atoms with van der Waals surface area (Å²) in [6, 6.07) is 6.38. The lowest BCUT2D eigenvalue weighted by Gasteiger charge is -2.01. The number of aryl methyl sites for hydroxylation is 2. The van der Waals surface area contributed by atoms with E-state index in [1.54, 1.807) is 6.92 Å². The van der Waals surface area contributed by atoms with Crippen LogP contribution in [0.5, 0.6) is 0 Å². The molecule has 0 heterocycles. The maximum absolute atomic E-state index is 10.7. The Hall–Kier alpha value is -1.02. The highest BCUT2D eigenvalue weighted by Crippen LogP contribution is 2.12. The molecule has 0 unspecified atom stereocenters. The molecular formula is C13H16OS. The quantitative estimate of drug-likeness (QED) is 0.774.